The van der Waals surface area contributed by atoms with Gasteiger partial charge < -0.3 is 14.6 Å². The van der Waals surface area contributed by atoms with Crippen LogP contribution >= 0.6 is 0 Å². The highest BCUT2D eigenvalue weighted by atomic mass is 16.3. The van der Waals surface area contributed by atoms with E-state index in [0.29, 0.717) is 16.7 Å². The Labute approximate surface area is 163 Å². The van der Waals surface area contributed by atoms with E-state index in [1.807, 2.05) is 23.1 Å². The van der Waals surface area contributed by atoms with Crippen LogP contribution in [0.15, 0.2) is 64.1 Å². The van der Waals surface area contributed by atoms with Crippen molar-refractivity contribution in [2.45, 2.75) is 38.1 Å². The summed E-state index contributed by atoms with van der Waals surface area (Å²) in [5.74, 6) is 0. The van der Waals surface area contributed by atoms with Crippen molar-refractivity contribution in [2.24, 2.45) is 0 Å². The predicted molar refractivity (Wildman–Crippen MR) is 108 cm³/mol. The molecule has 1 aliphatic heterocycles. The molecule has 3 aromatic rings. The fourth-order valence-corrected chi connectivity index (χ4v) is 3.79. The molecule has 0 radical (unpaired) electrons. The number of urea groups is 1. The number of aryl methyl sites for hydroxylation is 1. The van der Waals surface area contributed by atoms with Gasteiger partial charge in [0.05, 0.1) is 11.6 Å². The number of nitrogens with one attached hydrogen (secondary N) is 1. The lowest BCUT2D eigenvalue weighted by Crippen LogP contribution is -2.46. The van der Waals surface area contributed by atoms with Crippen molar-refractivity contribution in [3.63, 3.8) is 0 Å². The molecule has 2 aromatic heterocycles. The maximum absolute atomic E-state index is 12.9. The van der Waals surface area contributed by atoms with Gasteiger partial charge in [-0.15, -0.1) is 0 Å². The summed E-state index contributed by atoms with van der Waals surface area (Å²) in [6, 6.07) is 12.5. The summed E-state index contributed by atoms with van der Waals surface area (Å²) in [7, 11) is 0. The number of amides is 2. The molecule has 0 spiro atoms. The molecule has 28 heavy (non-hydrogen) atoms. The van der Waals surface area contributed by atoms with Crippen LogP contribution in [0.2, 0.25) is 0 Å². The van der Waals surface area contributed by atoms with Gasteiger partial charge in [-0.25, -0.2) is 4.79 Å². The first-order chi connectivity index (χ1) is 13.7. The number of carbonyl (C=O) groups excluding carboxylic acids is 1. The molecular weight excluding hydrogens is 354 g/mol. The van der Waals surface area contributed by atoms with Gasteiger partial charge in [-0.2, -0.15) is 0 Å². The van der Waals surface area contributed by atoms with Gasteiger partial charge in [-0.1, -0.05) is 6.07 Å². The van der Waals surface area contributed by atoms with Gasteiger partial charge in [0.1, 0.15) is 5.58 Å². The molecule has 0 bridgehead atoms. The Morgan fingerprint density at radius 2 is 2.14 bits per heavy atom. The second-order valence-corrected chi connectivity index (χ2v) is 7.13. The molecule has 0 aliphatic carbocycles. The first-order valence-electron chi connectivity index (χ1n) is 9.70. The van der Waals surface area contributed by atoms with E-state index in [1.54, 1.807) is 24.4 Å². The van der Waals surface area contributed by atoms with E-state index >= 15 is 0 Å². The lowest BCUT2D eigenvalue weighted by molar-refractivity contribution is 0.158. The standard InChI is InChI=1S/C22H23N3O3/c26-20-11-14-28-21-10-8-17(15-19(20)21)24-22(27)25-13-4-2-6-18(25)9-7-16-5-1-3-12-23-16/h1,3,5,8,10-12,14-15,18H,2,4,6-7,9,13H2,(H,24,27). The monoisotopic (exact) mass is 377 g/mol. The zero-order valence-corrected chi connectivity index (χ0v) is 15.6. The van der Waals surface area contributed by atoms with Crippen molar-refractivity contribution >= 4 is 22.7 Å². The molecule has 1 atom stereocenters. The molecular formula is C22H23N3O3. The summed E-state index contributed by atoms with van der Waals surface area (Å²) < 4.78 is 5.33. The second-order valence-electron chi connectivity index (χ2n) is 7.13. The minimum atomic E-state index is -0.122. The number of likely N-dealkylation sites (tertiary alicyclic amines) is 1. The fourth-order valence-electron chi connectivity index (χ4n) is 3.79. The third-order valence-electron chi connectivity index (χ3n) is 5.26. The number of fused-ring (bicyclic) bond motifs is 1. The SMILES string of the molecule is O=C(Nc1ccc2occc(=O)c2c1)N1CCCCC1CCc1ccccn1. The number of hydrogen-bond donors (Lipinski definition) is 1. The first kappa shape index (κ1) is 18.2. The van der Waals surface area contributed by atoms with Gasteiger partial charge in [0, 0.05) is 36.2 Å². The van der Waals surface area contributed by atoms with Gasteiger partial charge in [0.25, 0.3) is 0 Å². The maximum atomic E-state index is 12.9. The van der Waals surface area contributed by atoms with E-state index < -0.39 is 0 Å². The lowest BCUT2D eigenvalue weighted by atomic mass is 9.97. The largest absolute Gasteiger partial charge is 0.464 e. The quantitative estimate of drug-likeness (QED) is 0.739. The normalized spacial score (nSPS) is 16.9. The van der Waals surface area contributed by atoms with E-state index in [9.17, 15) is 9.59 Å². The van der Waals surface area contributed by atoms with E-state index in [0.717, 1.165) is 44.3 Å². The molecule has 6 heteroatoms. The van der Waals surface area contributed by atoms with Crippen LogP contribution in [0.5, 0.6) is 0 Å². The number of benzene rings is 1. The molecule has 2 amide bonds. The number of pyridine rings is 1. The molecule has 1 fully saturated rings. The van der Waals surface area contributed by atoms with Gasteiger partial charge >= 0.3 is 6.03 Å². The van der Waals surface area contributed by atoms with Gasteiger partial charge in [-0.05, 0) is 62.4 Å². The van der Waals surface area contributed by atoms with Crippen molar-refractivity contribution in [1.29, 1.82) is 0 Å². The van der Waals surface area contributed by atoms with E-state index in [2.05, 4.69) is 10.3 Å². The zero-order valence-electron chi connectivity index (χ0n) is 15.6. The molecule has 0 saturated carbocycles. The Bertz CT molecular complexity index is 1020. The fraction of sp³-hybridized carbons (Fsp3) is 0.318. The summed E-state index contributed by atoms with van der Waals surface area (Å²) in [4.78, 5) is 31.2. The van der Waals surface area contributed by atoms with Crippen LogP contribution in [0.1, 0.15) is 31.4 Å². The van der Waals surface area contributed by atoms with E-state index in [1.165, 1.54) is 12.3 Å². The van der Waals surface area contributed by atoms with Crippen LogP contribution in [0.4, 0.5) is 10.5 Å². The van der Waals surface area contributed by atoms with Gasteiger partial charge in [-0.3, -0.25) is 9.78 Å². The summed E-state index contributed by atoms with van der Waals surface area (Å²) in [6.45, 7) is 0.744. The van der Waals surface area contributed by atoms with Crippen LogP contribution in [-0.2, 0) is 6.42 Å². The third kappa shape index (κ3) is 4.06. The van der Waals surface area contributed by atoms with Crippen molar-refractivity contribution in [2.75, 3.05) is 11.9 Å². The Morgan fingerprint density at radius 1 is 1.21 bits per heavy atom. The van der Waals surface area contributed by atoms with Crippen molar-refractivity contribution in [1.82, 2.24) is 9.88 Å². The average Bonchev–Trinajstić information content (AvgIpc) is 2.74. The van der Waals surface area contributed by atoms with Crippen LogP contribution in [0.25, 0.3) is 11.0 Å². The second kappa shape index (κ2) is 8.25. The molecule has 1 unspecified atom stereocenters. The number of rotatable bonds is 4. The first-order valence-corrected chi connectivity index (χ1v) is 9.70. The van der Waals surface area contributed by atoms with Crippen molar-refractivity contribution < 1.29 is 9.21 Å². The van der Waals surface area contributed by atoms with Crippen LogP contribution < -0.4 is 10.7 Å². The molecule has 1 N–H and O–H groups in total. The highest BCUT2D eigenvalue weighted by Gasteiger charge is 2.26. The minimum absolute atomic E-state index is 0.120. The topological polar surface area (TPSA) is 75.4 Å². The van der Waals surface area contributed by atoms with Crippen molar-refractivity contribution in [3.8, 4) is 0 Å². The highest BCUT2D eigenvalue weighted by molar-refractivity contribution is 5.92. The zero-order chi connectivity index (χ0) is 19.3. The number of piperidine rings is 1. The van der Waals surface area contributed by atoms with Crippen LogP contribution in [0, 0.1) is 0 Å². The Kier molecular flexibility index (Phi) is 5.37. The van der Waals surface area contributed by atoms with Crippen molar-refractivity contribution in [3.05, 3.63) is 70.8 Å². The third-order valence-corrected chi connectivity index (χ3v) is 5.26. The predicted octanol–water partition coefficient (Wildman–Crippen LogP) is 4.21. The average molecular weight is 377 g/mol. The molecule has 1 saturated heterocycles. The summed E-state index contributed by atoms with van der Waals surface area (Å²) in [5.41, 5.74) is 2.04. The number of hydrogen-bond acceptors (Lipinski definition) is 4. The van der Waals surface area contributed by atoms with E-state index in [-0.39, 0.29) is 17.5 Å². The summed E-state index contributed by atoms with van der Waals surface area (Å²) in [5, 5.41) is 3.41. The Hall–Kier alpha value is -3.15. The van der Waals surface area contributed by atoms with Gasteiger partial charge in [0.15, 0.2) is 5.43 Å². The number of carbonyl (C=O) groups is 1. The Balaban J connectivity index is 1.46. The maximum Gasteiger partial charge on any atom is 0.322 e. The smallest absolute Gasteiger partial charge is 0.322 e. The summed E-state index contributed by atoms with van der Waals surface area (Å²) >= 11 is 0. The number of nitrogens with zero attached hydrogens (tertiary/aromatic N) is 2. The minimum Gasteiger partial charge on any atom is -0.464 e. The van der Waals surface area contributed by atoms with Crippen LogP contribution in [-0.4, -0.2) is 28.5 Å². The van der Waals surface area contributed by atoms with Crippen LogP contribution in [0.3, 0.4) is 0 Å². The summed E-state index contributed by atoms with van der Waals surface area (Å²) in [6.07, 6.45) is 8.07. The lowest BCUT2D eigenvalue weighted by Gasteiger charge is -2.35. The van der Waals surface area contributed by atoms with E-state index in [4.69, 9.17) is 4.42 Å². The molecule has 1 aromatic carbocycles. The van der Waals surface area contributed by atoms with Gasteiger partial charge in [0.2, 0.25) is 0 Å². The molecule has 4 rings (SSSR count). The highest BCUT2D eigenvalue weighted by Crippen LogP contribution is 2.23. The number of anilines is 1. The molecule has 144 valence electrons. The molecule has 6 nitrogen and oxygen atoms in total. The number of aromatic nitrogens is 1. The Morgan fingerprint density at radius 3 is 3.00 bits per heavy atom. The molecule has 3 heterocycles. The molecule has 1 aliphatic rings.